The second-order valence-electron chi connectivity index (χ2n) is 4.98. The number of carbonyl (C=O) groups is 1. The first-order valence-corrected chi connectivity index (χ1v) is 7.03. The Morgan fingerprint density at radius 1 is 1.22 bits per heavy atom. The van der Waals surface area contributed by atoms with Crippen molar-refractivity contribution >= 4 is 11.6 Å². The first-order valence-electron chi connectivity index (χ1n) is 7.03. The van der Waals surface area contributed by atoms with Crippen LogP contribution in [0.5, 0.6) is 5.75 Å². The zero-order valence-corrected chi connectivity index (χ0v) is 12.5. The third kappa shape index (κ3) is 4.75. The van der Waals surface area contributed by atoms with Crippen molar-refractivity contribution < 1.29 is 23.4 Å². The van der Waals surface area contributed by atoms with Gasteiger partial charge in [-0.3, -0.25) is 4.79 Å². The molecule has 0 spiro atoms. The molecule has 0 fully saturated rings. The highest BCUT2D eigenvalue weighted by atomic mass is 19.3. The third-order valence-corrected chi connectivity index (χ3v) is 3.18. The fourth-order valence-electron chi connectivity index (χ4n) is 1.98. The Bertz CT molecular complexity index is 662. The van der Waals surface area contributed by atoms with Crippen LogP contribution in [0, 0.1) is 6.92 Å². The van der Waals surface area contributed by atoms with Crippen molar-refractivity contribution in [1.82, 2.24) is 0 Å². The quantitative estimate of drug-likeness (QED) is 0.858. The van der Waals surface area contributed by atoms with E-state index in [1.807, 2.05) is 0 Å². The van der Waals surface area contributed by atoms with E-state index < -0.39 is 25.0 Å². The molecular formula is C17H17F2NO3. The van der Waals surface area contributed by atoms with Crippen LogP contribution in [0.25, 0.3) is 0 Å². The van der Waals surface area contributed by atoms with Gasteiger partial charge in [-0.2, -0.15) is 0 Å². The number of amides is 1. The molecule has 2 rings (SSSR count). The monoisotopic (exact) mass is 321 g/mol. The topological polar surface area (TPSA) is 58.6 Å². The molecule has 1 atom stereocenters. The zero-order valence-electron chi connectivity index (χ0n) is 12.5. The van der Waals surface area contributed by atoms with E-state index in [4.69, 9.17) is 4.74 Å². The lowest BCUT2D eigenvalue weighted by molar-refractivity contribution is -0.124. The van der Waals surface area contributed by atoms with Gasteiger partial charge in [0.25, 0.3) is 12.3 Å². The van der Waals surface area contributed by atoms with Gasteiger partial charge >= 0.3 is 0 Å². The van der Waals surface area contributed by atoms with Crippen molar-refractivity contribution in [3.8, 4) is 5.75 Å². The summed E-state index contributed by atoms with van der Waals surface area (Å²) in [6.45, 7) is 0.996. The molecular weight excluding hydrogens is 304 g/mol. The van der Waals surface area contributed by atoms with Crippen LogP contribution in [0.2, 0.25) is 0 Å². The Balaban J connectivity index is 2.07. The molecule has 2 aromatic carbocycles. The normalized spacial score (nSPS) is 12.0. The summed E-state index contributed by atoms with van der Waals surface area (Å²) in [7, 11) is 0. The van der Waals surface area contributed by atoms with E-state index in [9.17, 15) is 18.7 Å². The Labute approximate surface area is 132 Å². The largest absolute Gasteiger partial charge is 0.487 e. The molecule has 0 saturated heterocycles. The van der Waals surface area contributed by atoms with Gasteiger partial charge in [0.05, 0.1) is 0 Å². The van der Waals surface area contributed by atoms with Crippen LogP contribution in [-0.2, 0) is 4.79 Å². The first kappa shape index (κ1) is 16.9. The second kappa shape index (κ2) is 7.69. The smallest absolute Gasteiger partial charge is 0.272 e. The first-order chi connectivity index (χ1) is 11.0. The minimum atomic E-state index is -2.58. The number of nitrogens with one attached hydrogen (secondary N) is 1. The highest BCUT2D eigenvalue weighted by Gasteiger charge is 2.17. The van der Waals surface area contributed by atoms with E-state index in [-0.39, 0.29) is 5.75 Å². The number of halogens is 2. The molecule has 1 unspecified atom stereocenters. The van der Waals surface area contributed by atoms with E-state index in [2.05, 4.69) is 5.32 Å². The summed E-state index contributed by atoms with van der Waals surface area (Å²) >= 11 is 0. The molecule has 2 N–H and O–H groups in total. The van der Waals surface area contributed by atoms with Crippen LogP contribution in [-0.4, -0.2) is 24.0 Å². The molecule has 1 amide bonds. The van der Waals surface area contributed by atoms with E-state index in [1.165, 1.54) is 6.07 Å². The second-order valence-corrected chi connectivity index (χ2v) is 4.98. The summed E-state index contributed by atoms with van der Waals surface area (Å²) in [4.78, 5) is 12.1. The van der Waals surface area contributed by atoms with Crippen molar-refractivity contribution in [2.24, 2.45) is 0 Å². The van der Waals surface area contributed by atoms with Crippen LogP contribution >= 0.6 is 0 Å². The molecule has 0 aliphatic heterocycles. The molecule has 122 valence electrons. The molecule has 0 saturated carbocycles. The maximum atomic E-state index is 12.2. The minimum absolute atomic E-state index is 0.261. The van der Waals surface area contributed by atoms with Crippen molar-refractivity contribution in [3.05, 3.63) is 59.7 Å². The summed E-state index contributed by atoms with van der Waals surface area (Å²) in [5.41, 5.74) is 1.50. The van der Waals surface area contributed by atoms with E-state index in [1.54, 1.807) is 49.4 Å². The number of anilines is 1. The maximum Gasteiger partial charge on any atom is 0.272 e. The number of ether oxygens (including phenoxy) is 1. The lowest BCUT2D eigenvalue weighted by Crippen LogP contribution is -2.20. The predicted octanol–water partition coefficient (Wildman–Crippen LogP) is 3.31. The molecule has 0 aliphatic rings. The number of hydrogen-bond acceptors (Lipinski definition) is 3. The van der Waals surface area contributed by atoms with Gasteiger partial charge in [0.15, 0.2) is 6.10 Å². The van der Waals surface area contributed by atoms with Crippen LogP contribution in [0.1, 0.15) is 17.2 Å². The Morgan fingerprint density at radius 2 is 1.91 bits per heavy atom. The highest BCUT2D eigenvalue weighted by molar-refractivity contribution is 5.94. The summed E-state index contributed by atoms with van der Waals surface area (Å²) in [5.74, 6) is -0.350. The van der Waals surface area contributed by atoms with Gasteiger partial charge in [-0.25, -0.2) is 8.78 Å². The molecule has 2 aromatic rings. The summed E-state index contributed by atoms with van der Waals surface area (Å²) in [6.07, 6.45) is -3.89. The standard InChI is InChI=1S/C17H17F2NO3/c1-11-7-8-13(9-14(11)23-10-15(18)19)20-17(22)16(21)12-5-3-2-4-6-12/h2-9,15-16,21H,10H2,1H3,(H,20,22). The van der Waals surface area contributed by atoms with Crippen LogP contribution in [0.4, 0.5) is 14.5 Å². The molecule has 6 heteroatoms. The van der Waals surface area contributed by atoms with Crippen molar-refractivity contribution in [3.63, 3.8) is 0 Å². The number of carbonyl (C=O) groups excluding carboxylic acids is 1. The third-order valence-electron chi connectivity index (χ3n) is 3.18. The molecule has 23 heavy (non-hydrogen) atoms. The molecule has 0 bridgehead atoms. The fraction of sp³-hybridized carbons (Fsp3) is 0.235. The average Bonchev–Trinajstić information content (AvgIpc) is 2.55. The number of hydrogen-bond donors (Lipinski definition) is 2. The van der Waals surface area contributed by atoms with Gasteiger partial charge in [-0.15, -0.1) is 0 Å². The van der Waals surface area contributed by atoms with Gasteiger partial charge < -0.3 is 15.2 Å². The van der Waals surface area contributed by atoms with Gasteiger partial charge in [-0.05, 0) is 24.1 Å². The summed E-state index contributed by atoms with van der Waals surface area (Å²) in [6, 6.07) is 13.2. The van der Waals surface area contributed by atoms with Crippen LogP contribution < -0.4 is 10.1 Å². The Kier molecular flexibility index (Phi) is 5.65. The Morgan fingerprint density at radius 3 is 2.57 bits per heavy atom. The van der Waals surface area contributed by atoms with Gasteiger partial charge in [-0.1, -0.05) is 36.4 Å². The van der Waals surface area contributed by atoms with Crippen LogP contribution in [0.3, 0.4) is 0 Å². The van der Waals surface area contributed by atoms with Gasteiger partial charge in [0, 0.05) is 11.8 Å². The predicted molar refractivity (Wildman–Crippen MR) is 82.7 cm³/mol. The Hall–Kier alpha value is -2.47. The highest BCUT2D eigenvalue weighted by Crippen LogP contribution is 2.24. The van der Waals surface area contributed by atoms with Crippen molar-refractivity contribution in [1.29, 1.82) is 0 Å². The molecule has 4 nitrogen and oxygen atoms in total. The average molecular weight is 321 g/mol. The summed E-state index contributed by atoms with van der Waals surface area (Å²) in [5, 5.41) is 12.5. The number of aliphatic hydroxyl groups is 1. The molecule has 0 aromatic heterocycles. The maximum absolute atomic E-state index is 12.2. The van der Waals surface area contributed by atoms with E-state index in [0.717, 1.165) is 0 Å². The lowest BCUT2D eigenvalue weighted by atomic mass is 10.1. The fourth-order valence-corrected chi connectivity index (χ4v) is 1.98. The van der Waals surface area contributed by atoms with Gasteiger partial charge in [0.2, 0.25) is 0 Å². The van der Waals surface area contributed by atoms with E-state index in [0.29, 0.717) is 16.8 Å². The number of aryl methyl sites for hydroxylation is 1. The lowest BCUT2D eigenvalue weighted by Gasteiger charge is -2.14. The molecule has 0 aliphatic carbocycles. The van der Waals surface area contributed by atoms with Crippen molar-refractivity contribution in [2.45, 2.75) is 19.5 Å². The number of alkyl halides is 2. The summed E-state index contributed by atoms with van der Waals surface area (Å²) < 4.78 is 29.5. The van der Waals surface area contributed by atoms with Crippen LogP contribution in [0.15, 0.2) is 48.5 Å². The SMILES string of the molecule is Cc1ccc(NC(=O)C(O)c2ccccc2)cc1OCC(F)F. The number of aliphatic hydroxyl groups excluding tert-OH is 1. The van der Waals surface area contributed by atoms with Gasteiger partial charge in [0.1, 0.15) is 12.4 Å². The zero-order chi connectivity index (χ0) is 16.8. The number of benzene rings is 2. The molecule has 0 heterocycles. The number of rotatable bonds is 6. The molecule has 0 radical (unpaired) electrons. The van der Waals surface area contributed by atoms with E-state index >= 15 is 0 Å². The minimum Gasteiger partial charge on any atom is -0.487 e. The van der Waals surface area contributed by atoms with Crippen molar-refractivity contribution in [2.75, 3.05) is 11.9 Å².